The van der Waals surface area contributed by atoms with Gasteiger partial charge in [0.05, 0.1) is 6.42 Å². The first kappa shape index (κ1) is 12.4. The summed E-state index contributed by atoms with van der Waals surface area (Å²) in [4.78, 5) is 21.1. The highest BCUT2D eigenvalue weighted by Gasteiger charge is 2.13. The molecule has 0 heterocycles. The number of aldehydes is 1. The van der Waals surface area contributed by atoms with Crippen LogP contribution in [0.4, 0.5) is 4.39 Å². The second-order valence-corrected chi connectivity index (χ2v) is 3.77. The molecule has 0 spiro atoms. The van der Waals surface area contributed by atoms with Gasteiger partial charge in [0.25, 0.3) is 0 Å². The number of carbonyl (C=O) groups is 2. The van der Waals surface area contributed by atoms with E-state index < -0.39 is 11.8 Å². The zero-order valence-corrected chi connectivity index (χ0v) is 8.94. The molecule has 0 saturated heterocycles. The van der Waals surface area contributed by atoms with Crippen LogP contribution in [0.3, 0.4) is 0 Å². The number of benzene rings is 1. The van der Waals surface area contributed by atoms with Gasteiger partial charge in [0.15, 0.2) is 0 Å². The summed E-state index contributed by atoms with van der Waals surface area (Å²) < 4.78 is 13.4. The minimum Gasteiger partial charge on any atom is -0.481 e. The van der Waals surface area contributed by atoms with Crippen molar-refractivity contribution in [2.45, 2.75) is 19.8 Å². The van der Waals surface area contributed by atoms with Crippen molar-refractivity contribution in [2.24, 2.45) is 5.92 Å². The van der Waals surface area contributed by atoms with E-state index in [1.807, 2.05) is 0 Å². The molecule has 3 nitrogen and oxygen atoms in total. The number of hydrogen-bond donors (Lipinski definition) is 1. The van der Waals surface area contributed by atoms with Crippen LogP contribution >= 0.6 is 0 Å². The Morgan fingerprint density at radius 3 is 2.81 bits per heavy atom. The molecule has 16 heavy (non-hydrogen) atoms. The van der Waals surface area contributed by atoms with Crippen molar-refractivity contribution < 1.29 is 19.1 Å². The molecule has 0 aliphatic carbocycles. The van der Waals surface area contributed by atoms with E-state index >= 15 is 0 Å². The topological polar surface area (TPSA) is 54.4 Å². The molecule has 4 heteroatoms. The van der Waals surface area contributed by atoms with Gasteiger partial charge in [-0.2, -0.15) is 0 Å². The van der Waals surface area contributed by atoms with Crippen molar-refractivity contribution in [3.63, 3.8) is 0 Å². The van der Waals surface area contributed by atoms with Gasteiger partial charge < -0.3 is 9.90 Å². The second kappa shape index (κ2) is 5.39. The molecule has 0 aliphatic rings. The fourth-order valence-electron chi connectivity index (χ4n) is 1.54. The van der Waals surface area contributed by atoms with Crippen LogP contribution in [0.2, 0.25) is 0 Å². The van der Waals surface area contributed by atoms with Gasteiger partial charge in [0, 0.05) is 11.5 Å². The minimum absolute atomic E-state index is 0.170. The summed E-state index contributed by atoms with van der Waals surface area (Å²) in [7, 11) is 0. The molecule has 0 aromatic heterocycles. The Balaban J connectivity index is 3.02. The average molecular weight is 224 g/mol. The van der Waals surface area contributed by atoms with Crippen LogP contribution in [0.25, 0.3) is 0 Å². The van der Waals surface area contributed by atoms with Crippen LogP contribution < -0.4 is 0 Å². The quantitative estimate of drug-likeness (QED) is 0.776. The first-order chi connectivity index (χ1) is 7.54. The summed E-state index contributed by atoms with van der Waals surface area (Å²) in [5.74, 6) is -1.85. The van der Waals surface area contributed by atoms with Gasteiger partial charge in [0.1, 0.15) is 12.1 Å². The number of hydrogen-bond acceptors (Lipinski definition) is 2. The van der Waals surface area contributed by atoms with Gasteiger partial charge >= 0.3 is 5.97 Å². The third-order valence-electron chi connectivity index (χ3n) is 2.32. The molecule has 1 aromatic rings. The van der Waals surface area contributed by atoms with Gasteiger partial charge in [-0.05, 0) is 18.1 Å². The Labute approximate surface area is 92.9 Å². The van der Waals surface area contributed by atoms with Crippen LogP contribution in [0.15, 0.2) is 18.2 Å². The van der Waals surface area contributed by atoms with E-state index in [4.69, 9.17) is 5.11 Å². The van der Waals surface area contributed by atoms with Crippen molar-refractivity contribution in [3.05, 3.63) is 35.1 Å². The molecular weight excluding hydrogens is 211 g/mol. The van der Waals surface area contributed by atoms with Gasteiger partial charge in [-0.15, -0.1) is 0 Å². The van der Waals surface area contributed by atoms with Crippen molar-refractivity contribution in [1.29, 1.82) is 0 Å². The molecule has 1 unspecified atom stereocenters. The van der Waals surface area contributed by atoms with Crippen molar-refractivity contribution in [1.82, 2.24) is 0 Å². The van der Waals surface area contributed by atoms with E-state index in [0.29, 0.717) is 12.0 Å². The Kier molecular flexibility index (Phi) is 4.17. The number of carboxylic acids is 1. The molecule has 0 radical (unpaired) electrons. The maximum absolute atomic E-state index is 13.4. The smallest absolute Gasteiger partial charge is 0.307 e. The first-order valence-electron chi connectivity index (χ1n) is 4.98. The van der Waals surface area contributed by atoms with Gasteiger partial charge in [0.2, 0.25) is 0 Å². The lowest BCUT2D eigenvalue weighted by Crippen LogP contribution is -2.09. The predicted molar refractivity (Wildman–Crippen MR) is 56.7 cm³/mol. The summed E-state index contributed by atoms with van der Waals surface area (Å²) in [6, 6.07) is 4.41. The number of halogens is 1. The van der Waals surface area contributed by atoms with Crippen LogP contribution in [-0.4, -0.2) is 17.4 Å². The second-order valence-electron chi connectivity index (χ2n) is 3.77. The highest BCUT2D eigenvalue weighted by atomic mass is 19.1. The number of rotatable bonds is 5. The van der Waals surface area contributed by atoms with E-state index in [-0.39, 0.29) is 17.9 Å². The Bertz CT molecular complexity index is 401. The van der Waals surface area contributed by atoms with Gasteiger partial charge in [-0.3, -0.25) is 4.79 Å². The van der Waals surface area contributed by atoms with Crippen LogP contribution in [0.1, 0.15) is 18.1 Å². The standard InChI is InChI=1S/C12H13FO3/c1-8(7-14)5-9-3-2-4-11(13)10(9)6-12(15)16/h2-4,7-8H,5-6H2,1H3,(H,15,16). The monoisotopic (exact) mass is 224 g/mol. The largest absolute Gasteiger partial charge is 0.481 e. The van der Waals surface area contributed by atoms with E-state index in [0.717, 1.165) is 6.29 Å². The lowest BCUT2D eigenvalue weighted by Gasteiger charge is -2.10. The molecule has 86 valence electrons. The summed E-state index contributed by atoms with van der Waals surface area (Å²) in [5, 5.41) is 8.67. The number of aliphatic carboxylic acids is 1. The van der Waals surface area contributed by atoms with Crippen molar-refractivity contribution in [3.8, 4) is 0 Å². The summed E-state index contributed by atoms with van der Waals surface area (Å²) in [5.41, 5.74) is 0.755. The third kappa shape index (κ3) is 3.15. The Morgan fingerprint density at radius 2 is 2.25 bits per heavy atom. The molecular formula is C12H13FO3. The maximum Gasteiger partial charge on any atom is 0.307 e. The zero-order valence-electron chi connectivity index (χ0n) is 8.94. The molecule has 0 aliphatic heterocycles. The molecule has 0 saturated carbocycles. The van der Waals surface area contributed by atoms with Crippen LogP contribution in [0, 0.1) is 11.7 Å². The maximum atomic E-state index is 13.4. The molecule has 1 N–H and O–H groups in total. The highest BCUT2D eigenvalue weighted by Crippen LogP contribution is 2.17. The number of carboxylic acid groups (broad SMARTS) is 1. The molecule has 1 aromatic carbocycles. The third-order valence-corrected chi connectivity index (χ3v) is 2.32. The fourth-order valence-corrected chi connectivity index (χ4v) is 1.54. The van der Waals surface area contributed by atoms with Crippen LogP contribution in [-0.2, 0) is 22.4 Å². The summed E-state index contributed by atoms with van der Waals surface area (Å²) in [6.07, 6.45) is 0.785. The van der Waals surface area contributed by atoms with Crippen LogP contribution in [0.5, 0.6) is 0 Å². The first-order valence-corrected chi connectivity index (χ1v) is 4.98. The van der Waals surface area contributed by atoms with Crippen molar-refractivity contribution in [2.75, 3.05) is 0 Å². The van der Waals surface area contributed by atoms with E-state index in [9.17, 15) is 14.0 Å². The lowest BCUT2D eigenvalue weighted by molar-refractivity contribution is -0.136. The molecule has 1 rings (SSSR count). The van der Waals surface area contributed by atoms with Gasteiger partial charge in [-0.1, -0.05) is 19.1 Å². The van der Waals surface area contributed by atoms with Gasteiger partial charge in [-0.25, -0.2) is 4.39 Å². The number of carbonyl (C=O) groups excluding carboxylic acids is 1. The SMILES string of the molecule is CC(C=O)Cc1cccc(F)c1CC(=O)O. The predicted octanol–water partition coefficient (Wildman–Crippen LogP) is 1.83. The minimum atomic E-state index is -1.08. The molecule has 1 atom stereocenters. The molecule has 0 fully saturated rings. The highest BCUT2D eigenvalue weighted by molar-refractivity contribution is 5.71. The fraction of sp³-hybridized carbons (Fsp3) is 0.333. The van der Waals surface area contributed by atoms with E-state index in [2.05, 4.69) is 0 Å². The van der Waals surface area contributed by atoms with E-state index in [1.165, 1.54) is 12.1 Å². The molecule has 0 amide bonds. The zero-order chi connectivity index (χ0) is 12.1. The Hall–Kier alpha value is -1.71. The average Bonchev–Trinajstić information content (AvgIpc) is 2.22. The lowest BCUT2D eigenvalue weighted by atomic mass is 9.95. The normalized spacial score (nSPS) is 12.1. The summed E-state index contributed by atoms with van der Waals surface area (Å²) >= 11 is 0. The van der Waals surface area contributed by atoms with Crippen molar-refractivity contribution >= 4 is 12.3 Å². The Morgan fingerprint density at radius 1 is 1.56 bits per heavy atom. The van der Waals surface area contributed by atoms with E-state index in [1.54, 1.807) is 13.0 Å². The molecule has 0 bridgehead atoms. The summed E-state index contributed by atoms with van der Waals surface area (Å²) in [6.45, 7) is 1.71.